The van der Waals surface area contributed by atoms with Crippen LogP contribution in [0.3, 0.4) is 0 Å². The van der Waals surface area contributed by atoms with Gasteiger partial charge < -0.3 is 9.32 Å². The summed E-state index contributed by atoms with van der Waals surface area (Å²) in [5.74, 6) is 0.939. The van der Waals surface area contributed by atoms with Gasteiger partial charge >= 0.3 is 0 Å². The topological polar surface area (TPSA) is 64.2 Å². The number of amides is 1. The molecule has 7 heteroatoms. The molecule has 0 N–H and O–H groups in total. The van der Waals surface area contributed by atoms with Crippen LogP contribution in [0.4, 0.5) is 4.39 Å². The second-order valence-electron chi connectivity index (χ2n) is 7.69. The highest BCUT2D eigenvalue weighted by Gasteiger charge is 2.38. The molecule has 0 spiro atoms. The third-order valence-corrected chi connectivity index (χ3v) is 5.33. The van der Waals surface area contributed by atoms with Crippen molar-refractivity contribution in [3.63, 3.8) is 0 Å². The van der Waals surface area contributed by atoms with Crippen molar-refractivity contribution in [2.24, 2.45) is 7.05 Å². The first kappa shape index (κ1) is 18.4. The van der Waals surface area contributed by atoms with Crippen molar-refractivity contribution in [2.45, 2.75) is 31.6 Å². The average Bonchev–Trinajstić information content (AvgIpc) is 3.33. The first-order valence-corrected chi connectivity index (χ1v) is 9.41. The third-order valence-electron chi connectivity index (χ3n) is 5.33. The van der Waals surface area contributed by atoms with Crippen LogP contribution in [0.25, 0.3) is 0 Å². The molecule has 1 aliphatic rings. The van der Waals surface area contributed by atoms with Crippen molar-refractivity contribution in [2.75, 3.05) is 13.1 Å². The molecule has 4 rings (SSSR count). The molecule has 0 saturated carbocycles. The Morgan fingerprint density at radius 2 is 2.14 bits per heavy atom. The molecule has 0 unspecified atom stereocenters. The molecule has 6 nitrogen and oxygen atoms in total. The van der Waals surface area contributed by atoms with Gasteiger partial charge in [0.05, 0.1) is 23.4 Å². The van der Waals surface area contributed by atoms with Gasteiger partial charge in [-0.25, -0.2) is 9.37 Å². The van der Waals surface area contributed by atoms with Gasteiger partial charge in [-0.1, -0.05) is 18.2 Å². The number of aromatic nitrogens is 3. The molecule has 146 valence electrons. The molecule has 1 fully saturated rings. The van der Waals surface area contributed by atoms with Crippen LogP contribution in [0.1, 0.15) is 47.3 Å². The summed E-state index contributed by atoms with van der Waals surface area (Å²) in [7, 11) is 1.79. The van der Waals surface area contributed by atoms with Crippen LogP contribution in [0.2, 0.25) is 0 Å². The van der Waals surface area contributed by atoms with Crippen LogP contribution >= 0.6 is 0 Å². The molecule has 0 radical (unpaired) electrons. The van der Waals surface area contributed by atoms with E-state index in [9.17, 15) is 9.18 Å². The van der Waals surface area contributed by atoms with Crippen molar-refractivity contribution in [3.8, 4) is 0 Å². The van der Waals surface area contributed by atoms with E-state index in [4.69, 9.17) is 4.42 Å². The largest absolute Gasteiger partial charge is 0.445 e. The van der Waals surface area contributed by atoms with E-state index < -0.39 is 0 Å². The lowest BCUT2D eigenvalue weighted by Gasteiger charge is -2.38. The summed E-state index contributed by atoms with van der Waals surface area (Å²) < 4.78 is 21.5. The van der Waals surface area contributed by atoms with Gasteiger partial charge in [0.2, 0.25) is 5.89 Å². The lowest BCUT2D eigenvalue weighted by atomic mass is 9.81. The minimum atomic E-state index is -0.371. The number of benzene rings is 1. The minimum absolute atomic E-state index is 0.0304. The number of oxazole rings is 1. The maximum atomic E-state index is 13.9. The summed E-state index contributed by atoms with van der Waals surface area (Å²) >= 11 is 0. The van der Waals surface area contributed by atoms with Gasteiger partial charge in [0.25, 0.3) is 5.91 Å². The third kappa shape index (κ3) is 3.56. The molecular formula is C21H23FN4O2. The van der Waals surface area contributed by atoms with Crippen LogP contribution in [0.5, 0.6) is 0 Å². The van der Waals surface area contributed by atoms with Crippen LogP contribution in [-0.2, 0) is 18.9 Å². The van der Waals surface area contributed by atoms with Gasteiger partial charge in [-0.2, -0.15) is 5.10 Å². The Balaban J connectivity index is 1.51. The predicted octanol–water partition coefficient (Wildman–Crippen LogP) is 3.33. The van der Waals surface area contributed by atoms with Crippen molar-refractivity contribution >= 4 is 5.91 Å². The van der Waals surface area contributed by atoms with Crippen LogP contribution < -0.4 is 0 Å². The quantitative estimate of drug-likeness (QED) is 0.694. The second-order valence-corrected chi connectivity index (χ2v) is 7.69. The molecular weight excluding hydrogens is 359 g/mol. The molecule has 1 saturated heterocycles. The van der Waals surface area contributed by atoms with E-state index in [-0.39, 0.29) is 17.1 Å². The molecule has 1 aromatic carbocycles. The Morgan fingerprint density at radius 1 is 1.32 bits per heavy atom. The zero-order valence-electron chi connectivity index (χ0n) is 16.1. The number of hydrogen-bond donors (Lipinski definition) is 0. The van der Waals surface area contributed by atoms with E-state index in [0.717, 1.165) is 12.8 Å². The number of rotatable bonds is 4. The normalized spacial score (nSPS) is 19.8. The molecule has 2 aromatic heterocycles. The minimum Gasteiger partial charge on any atom is -0.445 e. The molecule has 0 aliphatic carbocycles. The molecule has 1 aliphatic heterocycles. The van der Waals surface area contributed by atoms with Gasteiger partial charge in [0.15, 0.2) is 0 Å². The zero-order chi connectivity index (χ0) is 19.7. The molecule has 1 atom stereocenters. The van der Waals surface area contributed by atoms with Crippen LogP contribution in [0, 0.1) is 5.82 Å². The Hall–Kier alpha value is -2.96. The van der Waals surface area contributed by atoms with E-state index in [1.165, 1.54) is 6.07 Å². The fraction of sp³-hybridized carbons (Fsp3) is 0.381. The maximum absolute atomic E-state index is 13.9. The first-order chi connectivity index (χ1) is 13.4. The fourth-order valence-electron chi connectivity index (χ4n) is 3.80. The Bertz CT molecular complexity index is 996. The van der Waals surface area contributed by atoms with E-state index in [0.29, 0.717) is 42.3 Å². The van der Waals surface area contributed by atoms with Crippen LogP contribution in [0.15, 0.2) is 47.3 Å². The maximum Gasteiger partial charge on any atom is 0.257 e. The average molecular weight is 382 g/mol. The Labute approximate surface area is 163 Å². The predicted molar refractivity (Wildman–Crippen MR) is 101 cm³/mol. The van der Waals surface area contributed by atoms with Gasteiger partial charge in [0, 0.05) is 32.8 Å². The number of halogens is 1. The monoisotopic (exact) mass is 382 g/mol. The standard InChI is InChI=1S/C21H23FN4O2/c1-21(8-5-9-26(14-21)19(27)16-11-24-25(2)13-16)20-23-12-17(28-20)10-15-6-3-4-7-18(15)22/h3-4,6-7,11-13H,5,8-10,14H2,1-2H3/t21-/m0/s1. The lowest BCUT2D eigenvalue weighted by Crippen LogP contribution is -2.47. The number of likely N-dealkylation sites (tertiary alicyclic amines) is 1. The smallest absolute Gasteiger partial charge is 0.257 e. The number of carbonyl (C=O) groups excluding carboxylic acids is 1. The van der Waals surface area contributed by atoms with Crippen molar-refractivity contribution in [1.29, 1.82) is 0 Å². The number of carbonyl (C=O) groups is 1. The van der Waals surface area contributed by atoms with Crippen molar-refractivity contribution in [3.05, 3.63) is 71.5 Å². The SMILES string of the molecule is Cn1cc(C(=O)N2CCC[C@](C)(c3ncc(Cc4ccccc4F)o3)C2)cn1. The number of nitrogens with zero attached hydrogens (tertiary/aromatic N) is 4. The lowest BCUT2D eigenvalue weighted by molar-refractivity contribution is 0.0626. The van der Waals surface area contributed by atoms with Crippen LogP contribution in [-0.4, -0.2) is 38.7 Å². The van der Waals surface area contributed by atoms with Gasteiger partial charge in [-0.3, -0.25) is 9.48 Å². The van der Waals surface area contributed by atoms with Crippen molar-refractivity contribution in [1.82, 2.24) is 19.7 Å². The summed E-state index contributed by atoms with van der Waals surface area (Å²) in [5, 5.41) is 4.09. The van der Waals surface area contributed by atoms with Gasteiger partial charge in [-0.15, -0.1) is 0 Å². The van der Waals surface area contributed by atoms with E-state index in [1.54, 1.807) is 48.5 Å². The summed E-state index contributed by atoms with van der Waals surface area (Å²) in [5.41, 5.74) is 0.788. The molecule has 28 heavy (non-hydrogen) atoms. The van der Waals surface area contributed by atoms with E-state index >= 15 is 0 Å². The summed E-state index contributed by atoms with van der Waals surface area (Å²) in [6.45, 7) is 3.29. The van der Waals surface area contributed by atoms with Gasteiger partial charge in [0.1, 0.15) is 11.6 Å². The second kappa shape index (κ2) is 7.22. The number of hydrogen-bond acceptors (Lipinski definition) is 4. The summed E-state index contributed by atoms with van der Waals surface area (Å²) in [6, 6.07) is 6.66. The Morgan fingerprint density at radius 3 is 2.89 bits per heavy atom. The highest BCUT2D eigenvalue weighted by Crippen LogP contribution is 2.34. The fourth-order valence-corrected chi connectivity index (χ4v) is 3.80. The highest BCUT2D eigenvalue weighted by molar-refractivity contribution is 5.93. The molecule has 0 bridgehead atoms. The van der Waals surface area contributed by atoms with E-state index in [1.807, 2.05) is 4.90 Å². The number of aryl methyl sites for hydroxylation is 1. The summed E-state index contributed by atoms with van der Waals surface area (Å²) in [4.78, 5) is 19.1. The first-order valence-electron chi connectivity index (χ1n) is 9.41. The molecule has 1 amide bonds. The summed E-state index contributed by atoms with van der Waals surface area (Å²) in [6.07, 6.45) is 7.08. The highest BCUT2D eigenvalue weighted by atomic mass is 19.1. The van der Waals surface area contributed by atoms with Gasteiger partial charge in [-0.05, 0) is 31.4 Å². The molecule has 3 aromatic rings. The van der Waals surface area contributed by atoms with Crippen molar-refractivity contribution < 1.29 is 13.6 Å². The zero-order valence-corrected chi connectivity index (χ0v) is 16.1. The molecule has 3 heterocycles. The Kier molecular flexibility index (Phi) is 4.75. The van der Waals surface area contributed by atoms with E-state index in [2.05, 4.69) is 17.0 Å². The number of piperidine rings is 1.